The zero-order valence-electron chi connectivity index (χ0n) is 19.4. The van der Waals surface area contributed by atoms with Crippen molar-refractivity contribution in [2.45, 2.75) is 57.4 Å². The van der Waals surface area contributed by atoms with E-state index >= 15 is 0 Å². The molecule has 0 aliphatic heterocycles. The molecule has 3 rings (SSSR count). The van der Waals surface area contributed by atoms with E-state index in [-0.39, 0.29) is 22.8 Å². The second kappa shape index (κ2) is 10.3. The van der Waals surface area contributed by atoms with Gasteiger partial charge >= 0.3 is 0 Å². The number of nitrogens with one attached hydrogen (secondary N) is 2. The molecule has 0 unspecified atom stereocenters. The minimum absolute atomic E-state index is 0.0447. The molecule has 33 heavy (non-hydrogen) atoms. The topological polar surface area (TPSA) is 114 Å². The molecule has 176 valence electrons. The molecule has 0 aliphatic carbocycles. The standard InChI is InChI=1S/C24H30N4O4S/c1-17-27-22(32-28-17)6-5-15-25-23(29)19-9-7-18(8-10-19)16-26-33(30,31)21-13-11-20(12-14-21)24(2,3)4/h7-14,26H,5-6,15-16H2,1-4H3,(H,25,29). The van der Waals surface area contributed by atoms with Gasteiger partial charge in [-0.1, -0.05) is 50.2 Å². The number of amides is 1. The van der Waals surface area contributed by atoms with Crippen LogP contribution in [0.5, 0.6) is 0 Å². The van der Waals surface area contributed by atoms with Gasteiger partial charge in [0.25, 0.3) is 5.91 Å². The van der Waals surface area contributed by atoms with E-state index in [4.69, 9.17) is 4.52 Å². The molecule has 0 spiro atoms. The van der Waals surface area contributed by atoms with E-state index in [1.165, 1.54) is 0 Å². The summed E-state index contributed by atoms with van der Waals surface area (Å²) >= 11 is 0. The van der Waals surface area contributed by atoms with Gasteiger partial charge in [-0.2, -0.15) is 4.98 Å². The van der Waals surface area contributed by atoms with Crippen molar-refractivity contribution in [2.24, 2.45) is 0 Å². The van der Waals surface area contributed by atoms with Gasteiger partial charge in [0.1, 0.15) is 0 Å². The van der Waals surface area contributed by atoms with Crippen LogP contribution in [0.4, 0.5) is 0 Å². The molecular weight excluding hydrogens is 440 g/mol. The molecule has 1 heterocycles. The first-order valence-electron chi connectivity index (χ1n) is 10.8. The maximum Gasteiger partial charge on any atom is 0.251 e. The van der Waals surface area contributed by atoms with Crippen LogP contribution in [-0.2, 0) is 28.4 Å². The number of carbonyl (C=O) groups is 1. The Hall–Kier alpha value is -3.04. The molecule has 0 saturated heterocycles. The number of rotatable bonds is 9. The van der Waals surface area contributed by atoms with E-state index in [2.05, 4.69) is 41.0 Å². The summed E-state index contributed by atoms with van der Waals surface area (Å²) in [5, 5.41) is 6.58. The molecule has 0 aliphatic rings. The normalized spacial score (nSPS) is 12.0. The van der Waals surface area contributed by atoms with Crippen LogP contribution in [0.1, 0.15) is 60.4 Å². The number of sulfonamides is 1. The number of carbonyl (C=O) groups excluding carboxylic acids is 1. The predicted octanol–water partition coefficient (Wildman–Crippen LogP) is 3.52. The van der Waals surface area contributed by atoms with Crippen LogP contribution < -0.4 is 10.0 Å². The van der Waals surface area contributed by atoms with Crippen molar-refractivity contribution >= 4 is 15.9 Å². The number of hydrogen-bond donors (Lipinski definition) is 2. The number of nitrogens with zero attached hydrogens (tertiary/aromatic N) is 2. The van der Waals surface area contributed by atoms with Gasteiger partial charge in [-0.15, -0.1) is 0 Å². The van der Waals surface area contributed by atoms with Crippen LogP contribution in [0, 0.1) is 6.92 Å². The van der Waals surface area contributed by atoms with Crippen LogP contribution in [0.3, 0.4) is 0 Å². The summed E-state index contributed by atoms with van der Waals surface area (Å²) in [6.45, 7) is 8.61. The molecule has 1 aromatic heterocycles. The molecule has 9 heteroatoms. The van der Waals surface area contributed by atoms with Gasteiger partial charge in [0.05, 0.1) is 4.90 Å². The molecule has 0 bridgehead atoms. The zero-order valence-corrected chi connectivity index (χ0v) is 20.2. The molecule has 8 nitrogen and oxygen atoms in total. The quantitative estimate of drug-likeness (QED) is 0.463. The predicted molar refractivity (Wildman–Crippen MR) is 125 cm³/mol. The summed E-state index contributed by atoms with van der Waals surface area (Å²) in [5.74, 6) is 0.955. The van der Waals surface area contributed by atoms with E-state index in [0.29, 0.717) is 36.7 Å². The van der Waals surface area contributed by atoms with Gasteiger partial charge in [-0.3, -0.25) is 4.79 Å². The summed E-state index contributed by atoms with van der Waals surface area (Å²) in [7, 11) is -3.63. The molecule has 0 saturated carbocycles. The van der Waals surface area contributed by atoms with E-state index in [1.807, 2.05) is 12.1 Å². The average molecular weight is 471 g/mol. The lowest BCUT2D eigenvalue weighted by molar-refractivity contribution is 0.0953. The first-order chi connectivity index (χ1) is 15.5. The summed E-state index contributed by atoms with van der Waals surface area (Å²) in [4.78, 5) is 16.6. The number of benzene rings is 2. The van der Waals surface area contributed by atoms with E-state index in [1.54, 1.807) is 43.3 Å². The number of hydrogen-bond acceptors (Lipinski definition) is 6. The maximum absolute atomic E-state index is 12.6. The monoisotopic (exact) mass is 470 g/mol. The van der Waals surface area contributed by atoms with Crippen LogP contribution >= 0.6 is 0 Å². The van der Waals surface area contributed by atoms with Gasteiger partial charge in [-0.25, -0.2) is 13.1 Å². The van der Waals surface area contributed by atoms with Crippen LogP contribution in [0.25, 0.3) is 0 Å². The number of aryl methyl sites for hydroxylation is 2. The molecular formula is C24H30N4O4S. The molecule has 0 fully saturated rings. The molecule has 3 aromatic rings. The van der Waals surface area contributed by atoms with Crippen molar-refractivity contribution in [3.63, 3.8) is 0 Å². The Morgan fingerprint density at radius 1 is 1.03 bits per heavy atom. The Balaban J connectivity index is 1.48. The Kier molecular flexibility index (Phi) is 7.65. The Morgan fingerprint density at radius 3 is 2.27 bits per heavy atom. The highest BCUT2D eigenvalue weighted by atomic mass is 32.2. The van der Waals surface area contributed by atoms with E-state index < -0.39 is 10.0 Å². The van der Waals surface area contributed by atoms with E-state index in [9.17, 15) is 13.2 Å². The highest BCUT2D eigenvalue weighted by Crippen LogP contribution is 2.23. The first kappa shape index (κ1) is 24.6. The molecule has 0 atom stereocenters. The van der Waals surface area contributed by atoms with Crippen molar-refractivity contribution < 1.29 is 17.7 Å². The summed E-state index contributed by atoms with van der Waals surface area (Å²) in [6.07, 6.45) is 1.28. The molecule has 2 aromatic carbocycles. The average Bonchev–Trinajstić information content (AvgIpc) is 3.20. The van der Waals surface area contributed by atoms with Gasteiger partial charge in [-0.05, 0) is 54.2 Å². The fraction of sp³-hybridized carbons (Fsp3) is 0.375. The maximum atomic E-state index is 12.6. The second-order valence-electron chi connectivity index (χ2n) is 8.89. The largest absolute Gasteiger partial charge is 0.352 e. The minimum atomic E-state index is -3.63. The van der Waals surface area contributed by atoms with Crippen molar-refractivity contribution in [3.8, 4) is 0 Å². The SMILES string of the molecule is Cc1noc(CCCNC(=O)c2ccc(CNS(=O)(=O)c3ccc(C(C)(C)C)cc3)cc2)n1. The highest BCUT2D eigenvalue weighted by Gasteiger charge is 2.17. The second-order valence-corrected chi connectivity index (χ2v) is 10.7. The van der Waals surface area contributed by atoms with Crippen molar-refractivity contribution in [2.75, 3.05) is 6.54 Å². The van der Waals surface area contributed by atoms with Gasteiger partial charge < -0.3 is 9.84 Å². The minimum Gasteiger partial charge on any atom is -0.352 e. The van der Waals surface area contributed by atoms with E-state index in [0.717, 1.165) is 11.1 Å². The van der Waals surface area contributed by atoms with Crippen LogP contribution in [0.2, 0.25) is 0 Å². The summed E-state index contributed by atoms with van der Waals surface area (Å²) in [5.41, 5.74) is 2.29. The lowest BCUT2D eigenvalue weighted by Crippen LogP contribution is -2.25. The lowest BCUT2D eigenvalue weighted by atomic mass is 9.87. The highest BCUT2D eigenvalue weighted by molar-refractivity contribution is 7.89. The Labute approximate surface area is 194 Å². The molecule has 0 radical (unpaired) electrons. The lowest BCUT2D eigenvalue weighted by Gasteiger charge is -2.19. The first-order valence-corrected chi connectivity index (χ1v) is 12.3. The van der Waals surface area contributed by atoms with Crippen LogP contribution in [0.15, 0.2) is 57.9 Å². The Bertz CT molecular complexity index is 1180. The third kappa shape index (κ3) is 6.97. The van der Waals surface area contributed by atoms with Crippen molar-refractivity contribution in [1.82, 2.24) is 20.2 Å². The van der Waals surface area contributed by atoms with Crippen molar-refractivity contribution in [1.29, 1.82) is 0 Å². The molecule has 1 amide bonds. The number of aromatic nitrogens is 2. The van der Waals surface area contributed by atoms with Crippen molar-refractivity contribution in [3.05, 3.63) is 76.9 Å². The molecule has 2 N–H and O–H groups in total. The Morgan fingerprint density at radius 2 is 1.70 bits per heavy atom. The van der Waals surface area contributed by atoms with Crippen LogP contribution in [-0.4, -0.2) is 31.0 Å². The fourth-order valence-electron chi connectivity index (χ4n) is 3.15. The smallest absolute Gasteiger partial charge is 0.251 e. The van der Waals surface area contributed by atoms with Gasteiger partial charge in [0, 0.05) is 25.1 Å². The fourth-order valence-corrected chi connectivity index (χ4v) is 4.17. The van der Waals surface area contributed by atoms with Gasteiger partial charge in [0.2, 0.25) is 15.9 Å². The third-order valence-electron chi connectivity index (χ3n) is 5.14. The third-order valence-corrected chi connectivity index (χ3v) is 6.55. The zero-order chi connectivity index (χ0) is 24.1. The summed E-state index contributed by atoms with van der Waals surface area (Å²) < 4.78 is 32.9. The summed E-state index contributed by atoms with van der Waals surface area (Å²) in [6, 6.07) is 13.8. The van der Waals surface area contributed by atoms with Gasteiger partial charge in [0.15, 0.2) is 5.82 Å².